The van der Waals surface area contributed by atoms with Gasteiger partial charge in [0, 0.05) is 16.9 Å². The molecular formula is C16H20BrNO3. The lowest BCUT2D eigenvalue weighted by Gasteiger charge is -2.17. The fourth-order valence-electron chi connectivity index (χ4n) is 2.39. The summed E-state index contributed by atoms with van der Waals surface area (Å²) in [4.78, 5) is 23.4. The Morgan fingerprint density at radius 1 is 1.43 bits per heavy atom. The first kappa shape index (κ1) is 16.0. The summed E-state index contributed by atoms with van der Waals surface area (Å²) in [5.41, 5.74) is 0.398. The van der Waals surface area contributed by atoms with Gasteiger partial charge in [0.05, 0.1) is 5.41 Å². The highest BCUT2D eigenvalue weighted by Gasteiger charge is 2.50. The average Bonchev–Trinajstić information content (AvgIpc) is 3.23. The van der Waals surface area contributed by atoms with Crippen LogP contribution in [0.25, 0.3) is 0 Å². The molecule has 5 heteroatoms. The van der Waals surface area contributed by atoms with Crippen molar-refractivity contribution in [1.29, 1.82) is 0 Å². The number of carbonyl (C=O) groups excluding carboxylic acids is 1. The molecule has 1 aromatic rings. The van der Waals surface area contributed by atoms with Crippen LogP contribution >= 0.6 is 15.9 Å². The summed E-state index contributed by atoms with van der Waals surface area (Å²) < 4.78 is 0.998. The summed E-state index contributed by atoms with van der Waals surface area (Å²) in [5.74, 6) is -0.975. The topological polar surface area (TPSA) is 66.4 Å². The first-order valence-corrected chi connectivity index (χ1v) is 8.02. The van der Waals surface area contributed by atoms with Gasteiger partial charge in [-0.15, -0.1) is 0 Å². The van der Waals surface area contributed by atoms with Crippen molar-refractivity contribution in [3.05, 3.63) is 34.3 Å². The van der Waals surface area contributed by atoms with Crippen LogP contribution in [-0.4, -0.2) is 23.5 Å². The van der Waals surface area contributed by atoms with Crippen LogP contribution in [-0.2, 0) is 16.0 Å². The van der Waals surface area contributed by atoms with Crippen LogP contribution in [0, 0.1) is 11.3 Å². The molecule has 0 heterocycles. The Morgan fingerprint density at radius 2 is 2.14 bits per heavy atom. The first-order chi connectivity index (χ1) is 9.97. The summed E-state index contributed by atoms with van der Waals surface area (Å²) in [5, 5.41) is 11.9. The van der Waals surface area contributed by atoms with Gasteiger partial charge in [0.1, 0.15) is 0 Å². The molecular weight excluding hydrogens is 334 g/mol. The van der Waals surface area contributed by atoms with Crippen LogP contribution in [0.3, 0.4) is 0 Å². The summed E-state index contributed by atoms with van der Waals surface area (Å²) in [6.45, 7) is 2.22. The maximum atomic E-state index is 12.2. The van der Waals surface area contributed by atoms with E-state index in [1.54, 1.807) is 0 Å². The van der Waals surface area contributed by atoms with E-state index in [4.69, 9.17) is 5.11 Å². The standard InChI is InChI=1S/C16H20BrNO3/c1-2-12(8-11-4-3-5-13(17)9-11)14(19)18-10-16(6-7-16)15(20)21/h3-5,9,12H,2,6-8,10H2,1H3,(H,18,19)(H,20,21). The summed E-state index contributed by atoms with van der Waals surface area (Å²) >= 11 is 3.43. The van der Waals surface area contributed by atoms with Gasteiger partial charge in [-0.25, -0.2) is 0 Å². The number of carboxylic acid groups (broad SMARTS) is 1. The molecule has 2 rings (SSSR count). The van der Waals surface area contributed by atoms with E-state index < -0.39 is 11.4 Å². The van der Waals surface area contributed by atoms with E-state index in [2.05, 4.69) is 21.2 Å². The van der Waals surface area contributed by atoms with Gasteiger partial charge >= 0.3 is 5.97 Å². The average molecular weight is 354 g/mol. The maximum absolute atomic E-state index is 12.2. The van der Waals surface area contributed by atoms with Crippen molar-refractivity contribution in [2.24, 2.45) is 11.3 Å². The highest BCUT2D eigenvalue weighted by Crippen LogP contribution is 2.45. The third kappa shape index (κ3) is 4.06. The van der Waals surface area contributed by atoms with Gasteiger partial charge in [-0.05, 0) is 43.4 Å². The molecule has 0 bridgehead atoms. The second kappa shape index (κ2) is 6.60. The molecule has 1 aliphatic rings. The molecule has 2 N–H and O–H groups in total. The quantitative estimate of drug-likeness (QED) is 0.791. The Bertz CT molecular complexity index is 540. The maximum Gasteiger partial charge on any atom is 0.311 e. The number of nitrogens with one attached hydrogen (secondary N) is 1. The minimum Gasteiger partial charge on any atom is -0.481 e. The van der Waals surface area contributed by atoms with E-state index in [0.29, 0.717) is 19.3 Å². The highest BCUT2D eigenvalue weighted by atomic mass is 79.9. The molecule has 0 aromatic heterocycles. The lowest BCUT2D eigenvalue weighted by molar-refractivity contribution is -0.143. The van der Waals surface area contributed by atoms with Gasteiger partial charge < -0.3 is 10.4 Å². The van der Waals surface area contributed by atoms with Crippen LogP contribution in [0.5, 0.6) is 0 Å². The molecule has 1 saturated carbocycles. The molecule has 114 valence electrons. The predicted octanol–water partition coefficient (Wildman–Crippen LogP) is 3.00. The van der Waals surface area contributed by atoms with Crippen LogP contribution in [0.2, 0.25) is 0 Å². The summed E-state index contributed by atoms with van der Waals surface area (Å²) in [6.07, 6.45) is 2.72. The Labute approximate surface area is 133 Å². The largest absolute Gasteiger partial charge is 0.481 e. The Hall–Kier alpha value is -1.36. The van der Waals surface area contributed by atoms with Crippen LogP contribution in [0.15, 0.2) is 28.7 Å². The number of amides is 1. The van der Waals surface area contributed by atoms with E-state index >= 15 is 0 Å². The smallest absolute Gasteiger partial charge is 0.311 e. The molecule has 0 saturated heterocycles. The van der Waals surface area contributed by atoms with Crippen molar-refractivity contribution >= 4 is 27.8 Å². The molecule has 0 radical (unpaired) electrons. The monoisotopic (exact) mass is 353 g/mol. The van der Waals surface area contributed by atoms with Gasteiger partial charge in [0.15, 0.2) is 0 Å². The minimum absolute atomic E-state index is 0.0509. The number of carboxylic acids is 1. The number of hydrogen-bond acceptors (Lipinski definition) is 2. The molecule has 1 amide bonds. The number of hydrogen-bond donors (Lipinski definition) is 2. The molecule has 0 aliphatic heterocycles. The van der Waals surface area contributed by atoms with E-state index in [-0.39, 0.29) is 18.4 Å². The van der Waals surface area contributed by atoms with Crippen molar-refractivity contribution in [3.8, 4) is 0 Å². The minimum atomic E-state index is -0.803. The second-order valence-corrected chi connectivity index (χ2v) is 6.66. The van der Waals surface area contributed by atoms with Gasteiger partial charge in [0.25, 0.3) is 0 Å². The Balaban J connectivity index is 1.91. The van der Waals surface area contributed by atoms with Crippen LogP contribution < -0.4 is 5.32 Å². The van der Waals surface area contributed by atoms with Crippen molar-refractivity contribution in [3.63, 3.8) is 0 Å². The zero-order valence-electron chi connectivity index (χ0n) is 12.1. The molecule has 1 aliphatic carbocycles. The van der Waals surface area contributed by atoms with E-state index in [1.807, 2.05) is 31.2 Å². The zero-order valence-corrected chi connectivity index (χ0v) is 13.6. The van der Waals surface area contributed by atoms with E-state index in [0.717, 1.165) is 16.5 Å². The molecule has 0 spiro atoms. The van der Waals surface area contributed by atoms with Crippen molar-refractivity contribution in [2.45, 2.75) is 32.6 Å². The molecule has 1 atom stereocenters. The fourth-order valence-corrected chi connectivity index (χ4v) is 2.84. The lowest BCUT2D eigenvalue weighted by atomic mass is 9.95. The highest BCUT2D eigenvalue weighted by molar-refractivity contribution is 9.10. The van der Waals surface area contributed by atoms with Crippen molar-refractivity contribution in [1.82, 2.24) is 5.32 Å². The molecule has 1 fully saturated rings. The van der Waals surface area contributed by atoms with Gasteiger partial charge in [-0.3, -0.25) is 9.59 Å². The number of halogens is 1. The van der Waals surface area contributed by atoms with E-state index in [9.17, 15) is 9.59 Å². The summed E-state index contributed by atoms with van der Waals surface area (Å²) in [7, 11) is 0. The Morgan fingerprint density at radius 3 is 2.67 bits per heavy atom. The zero-order chi connectivity index (χ0) is 15.5. The third-order valence-corrected chi connectivity index (χ3v) is 4.64. The number of benzene rings is 1. The van der Waals surface area contributed by atoms with Gasteiger partial charge in [-0.2, -0.15) is 0 Å². The van der Waals surface area contributed by atoms with Crippen LogP contribution in [0.1, 0.15) is 31.7 Å². The fraction of sp³-hybridized carbons (Fsp3) is 0.500. The van der Waals surface area contributed by atoms with Crippen LogP contribution in [0.4, 0.5) is 0 Å². The number of rotatable bonds is 7. The van der Waals surface area contributed by atoms with Crippen molar-refractivity contribution < 1.29 is 14.7 Å². The van der Waals surface area contributed by atoms with E-state index in [1.165, 1.54) is 0 Å². The van der Waals surface area contributed by atoms with Gasteiger partial charge in [-0.1, -0.05) is 35.0 Å². The SMILES string of the molecule is CCC(Cc1cccc(Br)c1)C(=O)NCC1(C(=O)O)CC1. The number of carbonyl (C=O) groups is 2. The molecule has 21 heavy (non-hydrogen) atoms. The van der Waals surface area contributed by atoms with Gasteiger partial charge in [0.2, 0.25) is 5.91 Å². The molecule has 1 aromatic carbocycles. The Kier molecular flexibility index (Phi) is 5.04. The third-order valence-electron chi connectivity index (χ3n) is 4.14. The lowest BCUT2D eigenvalue weighted by Crippen LogP contribution is -2.38. The number of aliphatic carboxylic acids is 1. The first-order valence-electron chi connectivity index (χ1n) is 7.22. The predicted molar refractivity (Wildman–Crippen MR) is 83.9 cm³/mol. The summed E-state index contributed by atoms with van der Waals surface area (Å²) in [6, 6.07) is 7.91. The second-order valence-electron chi connectivity index (χ2n) is 5.74. The normalized spacial score (nSPS) is 17.0. The molecule has 4 nitrogen and oxygen atoms in total. The molecule has 1 unspecified atom stereocenters. The van der Waals surface area contributed by atoms with Crippen molar-refractivity contribution in [2.75, 3.05) is 6.54 Å².